The quantitative estimate of drug-likeness (QED) is 0.512. The summed E-state index contributed by atoms with van der Waals surface area (Å²) >= 11 is 6.67. The van der Waals surface area contributed by atoms with Crippen LogP contribution in [0.15, 0.2) is 28.0 Å². The molecule has 0 radical (unpaired) electrons. The summed E-state index contributed by atoms with van der Waals surface area (Å²) in [6, 6.07) is 3.78. The number of hydrogen-bond donors (Lipinski definition) is 0. The van der Waals surface area contributed by atoms with Gasteiger partial charge in [0.15, 0.2) is 0 Å². The lowest BCUT2D eigenvalue weighted by Gasteiger charge is -2.36. The molecule has 0 aliphatic carbocycles. The summed E-state index contributed by atoms with van der Waals surface area (Å²) < 4.78 is 2.10. The van der Waals surface area contributed by atoms with Crippen LogP contribution >= 0.6 is 24.0 Å². The SMILES string of the molecule is Cc1cccn2c(=O)c(/C=C3/SC(=S)N(C(C)C)C3=O)c(N3C[C@H](C)C[C@H](C)C3)nc12. The predicted octanol–water partition coefficient (Wildman–Crippen LogP) is 4.09. The molecule has 4 rings (SSSR count). The summed E-state index contributed by atoms with van der Waals surface area (Å²) in [6.45, 7) is 12.0. The van der Waals surface area contributed by atoms with Crippen LogP contribution in [0.4, 0.5) is 5.82 Å². The third kappa shape index (κ3) is 4.03. The topological polar surface area (TPSA) is 57.9 Å². The molecule has 2 aliphatic heterocycles. The van der Waals surface area contributed by atoms with E-state index in [-0.39, 0.29) is 17.5 Å². The highest BCUT2D eigenvalue weighted by Gasteiger charge is 2.35. The van der Waals surface area contributed by atoms with Crippen molar-refractivity contribution < 1.29 is 4.79 Å². The summed E-state index contributed by atoms with van der Waals surface area (Å²) in [5.74, 6) is 1.53. The molecule has 2 fully saturated rings. The van der Waals surface area contributed by atoms with Crippen LogP contribution in [0.2, 0.25) is 0 Å². The van der Waals surface area contributed by atoms with Crippen molar-refractivity contribution in [2.45, 2.75) is 47.1 Å². The zero-order chi connectivity index (χ0) is 22.4. The van der Waals surface area contributed by atoms with Crippen molar-refractivity contribution in [1.29, 1.82) is 0 Å². The van der Waals surface area contributed by atoms with Crippen LogP contribution in [0.1, 0.15) is 45.2 Å². The van der Waals surface area contributed by atoms with E-state index in [1.807, 2.05) is 32.9 Å². The number of aryl methyl sites for hydroxylation is 1. The van der Waals surface area contributed by atoms with Gasteiger partial charge in [0.25, 0.3) is 11.5 Å². The molecule has 2 aliphatic rings. The molecule has 0 aromatic carbocycles. The molecule has 0 bridgehead atoms. The first-order valence-corrected chi connectivity index (χ1v) is 11.9. The molecule has 6 nitrogen and oxygen atoms in total. The number of thiocarbonyl (C=S) groups is 1. The Bertz CT molecular complexity index is 1140. The first kappa shape index (κ1) is 22.0. The van der Waals surface area contributed by atoms with E-state index < -0.39 is 0 Å². The molecule has 31 heavy (non-hydrogen) atoms. The van der Waals surface area contributed by atoms with Gasteiger partial charge in [-0.15, -0.1) is 0 Å². The summed E-state index contributed by atoms with van der Waals surface area (Å²) in [5.41, 5.74) is 1.88. The summed E-state index contributed by atoms with van der Waals surface area (Å²) in [5, 5.41) is 0. The smallest absolute Gasteiger partial charge is 0.267 e. The Labute approximate surface area is 192 Å². The fraction of sp³-hybridized carbons (Fsp3) is 0.478. The van der Waals surface area contributed by atoms with Crippen LogP contribution < -0.4 is 10.5 Å². The number of thioether (sulfide) groups is 1. The summed E-state index contributed by atoms with van der Waals surface area (Å²) in [7, 11) is 0. The highest BCUT2D eigenvalue weighted by molar-refractivity contribution is 8.26. The van der Waals surface area contributed by atoms with Crippen molar-refractivity contribution in [3.63, 3.8) is 0 Å². The van der Waals surface area contributed by atoms with E-state index in [0.717, 1.165) is 25.1 Å². The third-order valence-corrected chi connectivity index (χ3v) is 7.18. The molecule has 2 aromatic rings. The fourth-order valence-electron chi connectivity index (χ4n) is 4.56. The number of rotatable bonds is 3. The standard InChI is InChI=1S/C23H28N4O2S2/c1-13(2)27-22(29)18(31-23(27)30)10-17-20(25-11-14(3)9-15(4)12-25)24-19-16(5)7-6-8-26(19)21(17)28/h6-8,10,13-15H,9,11-12H2,1-5H3/b18-10+/t14-,15+. The summed E-state index contributed by atoms with van der Waals surface area (Å²) in [6.07, 6.45) is 4.59. The number of carbonyl (C=O) groups is 1. The largest absolute Gasteiger partial charge is 0.355 e. The van der Waals surface area contributed by atoms with Crippen molar-refractivity contribution >= 4 is 51.7 Å². The minimum Gasteiger partial charge on any atom is -0.355 e. The molecule has 2 saturated heterocycles. The lowest BCUT2D eigenvalue weighted by molar-refractivity contribution is -0.123. The fourth-order valence-corrected chi connectivity index (χ4v) is 6.07. The Morgan fingerprint density at radius 3 is 2.52 bits per heavy atom. The van der Waals surface area contributed by atoms with E-state index in [1.165, 1.54) is 11.8 Å². The van der Waals surface area contributed by atoms with Gasteiger partial charge in [-0.05, 0) is 56.7 Å². The van der Waals surface area contributed by atoms with Gasteiger partial charge in [-0.1, -0.05) is 43.9 Å². The van der Waals surface area contributed by atoms with Crippen molar-refractivity contribution in [3.05, 3.63) is 44.7 Å². The molecule has 0 saturated carbocycles. The maximum Gasteiger partial charge on any atom is 0.267 e. The minimum atomic E-state index is -0.163. The first-order valence-electron chi connectivity index (χ1n) is 10.7. The molecule has 0 unspecified atom stereocenters. The van der Waals surface area contributed by atoms with E-state index in [4.69, 9.17) is 17.2 Å². The lowest BCUT2D eigenvalue weighted by atomic mass is 9.91. The van der Waals surface area contributed by atoms with Crippen LogP contribution in [0, 0.1) is 18.8 Å². The molecule has 8 heteroatoms. The van der Waals surface area contributed by atoms with Crippen LogP contribution in [0.5, 0.6) is 0 Å². The van der Waals surface area contributed by atoms with Crippen molar-refractivity contribution in [2.24, 2.45) is 11.8 Å². The van der Waals surface area contributed by atoms with Gasteiger partial charge in [-0.3, -0.25) is 18.9 Å². The van der Waals surface area contributed by atoms with Crippen LogP contribution in [0.3, 0.4) is 0 Å². The Morgan fingerprint density at radius 1 is 1.23 bits per heavy atom. The number of pyridine rings is 1. The molecule has 2 atom stereocenters. The van der Waals surface area contributed by atoms with Gasteiger partial charge in [0, 0.05) is 25.3 Å². The Morgan fingerprint density at radius 2 is 1.90 bits per heavy atom. The molecule has 0 N–H and O–H groups in total. The molecular formula is C23H28N4O2S2. The number of nitrogens with zero attached hydrogens (tertiary/aromatic N) is 4. The minimum absolute atomic E-state index is 0.0276. The van der Waals surface area contributed by atoms with Gasteiger partial charge in [0.2, 0.25) is 0 Å². The zero-order valence-electron chi connectivity index (χ0n) is 18.6. The monoisotopic (exact) mass is 456 g/mol. The van der Waals surface area contributed by atoms with Crippen LogP contribution in [-0.2, 0) is 4.79 Å². The van der Waals surface area contributed by atoms with E-state index in [9.17, 15) is 9.59 Å². The van der Waals surface area contributed by atoms with Crippen LogP contribution in [0.25, 0.3) is 11.7 Å². The molecule has 164 valence electrons. The number of amides is 1. The van der Waals surface area contributed by atoms with Gasteiger partial charge in [0.1, 0.15) is 15.8 Å². The van der Waals surface area contributed by atoms with E-state index in [1.54, 1.807) is 21.6 Å². The number of aromatic nitrogens is 2. The zero-order valence-corrected chi connectivity index (χ0v) is 20.2. The van der Waals surface area contributed by atoms with Gasteiger partial charge >= 0.3 is 0 Å². The number of anilines is 1. The normalized spacial score (nSPS) is 23.6. The average Bonchev–Trinajstić information content (AvgIpc) is 2.97. The Kier molecular flexibility index (Phi) is 5.96. The van der Waals surface area contributed by atoms with Gasteiger partial charge in [-0.2, -0.15) is 0 Å². The second-order valence-corrected chi connectivity index (χ2v) is 10.7. The number of fused-ring (bicyclic) bond motifs is 1. The number of piperidine rings is 1. The molecular weight excluding hydrogens is 428 g/mol. The van der Waals surface area contributed by atoms with Crippen LogP contribution in [-0.4, -0.2) is 43.6 Å². The molecule has 4 heterocycles. The van der Waals surface area contributed by atoms with E-state index in [2.05, 4.69) is 18.7 Å². The Hall–Kier alpha value is -2.19. The summed E-state index contributed by atoms with van der Waals surface area (Å²) in [4.78, 5) is 35.8. The van der Waals surface area contributed by atoms with Crippen molar-refractivity contribution in [2.75, 3.05) is 18.0 Å². The van der Waals surface area contributed by atoms with Gasteiger partial charge in [0.05, 0.1) is 10.5 Å². The highest BCUT2D eigenvalue weighted by Crippen LogP contribution is 2.35. The molecule has 0 spiro atoms. The second kappa shape index (κ2) is 8.39. The third-order valence-electron chi connectivity index (χ3n) is 5.85. The number of hydrogen-bond acceptors (Lipinski definition) is 6. The second-order valence-electron chi connectivity index (χ2n) is 9.04. The lowest BCUT2D eigenvalue weighted by Crippen LogP contribution is -2.40. The number of carbonyl (C=O) groups excluding carboxylic acids is 1. The molecule has 1 amide bonds. The van der Waals surface area contributed by atoms with Crippen molar-refractivity contribution in [1.82, 2.24) is 14.3 Å². The highest BCUT2D eigenvalue weighted by atomic mass is 32.2. The molecule has 2 aromatic heterocycles. The van der Waals surface area contributed by atoms with E-state index in [0.29, 0.717) is 38.1 Å². The van der Waals surface area contributed by atoms with E-state index >= 15 is 0 Å². The predicted molar refractivity (Wildman–Crippen MR) is 132 cm³/mol. The average molecular weight is 457 g/mol. The first-order chi connectivity index (χ1) is 14.7. The maximum absolute atomic E-state index is 13.6. The van der Waals surface area contributed by atoms with Crippen molar-refractivity contribution in [3.8, 4) is 0 Å². The van der Waals surface area contributed by atoms with Gasteiger partial charge in [-0.25, -0.2) is 4.98 Å². The Balaban J connectivity index is 1.92. The van der Waals surface area contributed by atoms with Gasteiger partial charge < -0.3 is 4.90 Å². The maximum atomic E-state index is 13.6.